The van der Waals surface area contributed by atoms with Crippen LogP contribution in [0.2, 0.25) is 0 Å². The van der Waals surface area contributed by atoms with Gasteiger partial charge in [-0.25, -0.2) is 13.4 Å². The molecule has 0 saturated heterocycles. The highest BCUT2D eigenvalue weighted by molar-refractivity contribution is 9.10. The van der Waals surface area contributed by atoms with E-state index in [0.29, 0.717) is 10.2 Å². The number of rotatable bonds is 4. The van der Waals surface area contributed by atoms with Gasteiger partial charge in [-0.05, 0) is 40.2 Å². The van der Waals surface area contributed by atoms with Crippen LogP contribution < -0.4 is 15.2 Å². The lowest BCUT2D eigenvalue weighted by Crippen LogP contribution is -2.16. The van der Waals surface area contributed by atoms with Crippen LogP contribution in [-0.4, -0.2) is 20.5 Å². The third-order valence-electron chi connectivity index (χ3n) is 2.50. The minimum Gasteiger partial charge on any atom is -0.497 e. The number of sulfonamides is 1. The molecule has 20 heavy (non-hydrogen) atoms. The van der Waals surface area contributed by atoms with Gasteiger partial charge in [0.15, 0.2) is 5.82 Å². The van der Waals surface area contributed by atoms with Crippen molar-refractivity contribution in [3.63, 3.8) is 0 Å². The fourth-order valence-corrected chi connectivity index (χ4v) is 3.17. The molecule has 0 saturated carbocycles. The molecule has 0 aliphatic heterocycles. The van der Waals surface area contributed by atoms with Crippen LogP contribution in [0.5, 0.6) is 5.75 Å². The van der Waals surface area contributed by atoms with E-state index in [1.807, 2.05) is 0 Å². The van der Waals surface area contributed by atoms with Crippen molar-refractivity contribution in [2.24, 2.45) is 0 Å². The van der Waals surface area contributed by atoms with Crippen molar-refractivity contribution in [1.82, 2.24) is 4.98 Å². The van der Waals surface area contributed by atoms with E-state index in [2.05, 4.69) is 25.6 Å². The Hall–Kier alpha value is -1.80. The van der Waals surface area contributed by atoms with Crippen molar-refractivity contribution in [3.8, 4) is 5.75 Å². The molecular formula is C12H12BrN3O3S. The first-order valence-electron chi connectivity index (χ1n) is 5.51. The predicted molar refractivity (Wildman–Crippen MR) is 80.2 cm³/mol. The number of pyridine rings is 1. The molecule has 8 heteroatoms. The molecule has 106 valence electrons. The van der Waals surface area contributed by atoms with E-state index in [4.69, 9.17) is 10.5 Å². The number of methoxy groups -OCH3 is 1. The lowest BCUT2D eigenvalue weighted by Gasteiger charge is -2.11. The Morgan fingerprint density at radius 1 is 1.35 bits per heavy atom. The second-order valence-electron chi connectivity index (χ2n) is 3.84. The number of aromatic nitrogens is 1. The lowest BCUT2D eigenvalue weighted by atomic mass is 10.3. The minimum absolute atomic E-state index is 0.0316. The number of halogens is 1. The summed E-state index contributed by atoms with van der Waals surface area (Å²) in [5.74, 6) is 0.684. The molecule has 0 aliphatic carbocycles. The standard InChI is InChI=1S/C12H12BrN3O3S/c1-19-8-4-5-11(10(14)7-8)20(17,18)16-12-9(13)3-2-6-15-12/h2-7H,14H2,1H3,(H,15,16). The fraction of sp³-hybridized carbons (Fsp3) is 0.0833. The zero-order chi connectivity index (χ0) is 14.8. The van der Waals surface area contributed by atoms with Gasteiger partial charge in [0.2, 0.25) is 0 Å². The smallest absolute Gasteiger partial charge is 0.265 e. The quantitative estimate of drug-likeness (QED) is 0.818. The van der Waals surface area contributed by atoms with Crippen LogP contribution in [0.4, 0.5) is 11.5 Å². The van der Waals surface area contributed by atoms with Crippen LogP contribution >= 0.6 is 15.9 Å². The van der Waals surface area contributed by atoms with E-state index in [1.54, 1.807) is 12.1 Å². The molecule has 1 aromatic carbocycles. The van der Waals surface area contributed by atoms with Crippen LogP contribution in [0.3, 0.4) is 0 Å². The van der Waals surface area contributed by atoms with Gasteiger partial charge in [0, 0.05) is 12.3 Å². The Morgan fingerprint density at radius 2 is 2.10 bits per heavy atom. The van der Waals surface area contributed by atoms with Crippen LogP contribution in [0.25, 0.3) is 0 Å². The molecule has 1 aromatic heterocycles. The third kappa shape index (κ3) is 3.02. The van der Waals surface area contributed by atoms with E-state index >= 15 is 0 Å². The van der Waals surface area contributed by atoms with E-state index in [1.165, 1.54) is 31.5 Å². The Morgan fingerprint density at radius 3 is 2.70 bits per heavy atom. The van der Waals surface area contributed by atoms with Gasteiger partial charge in [0.1, 0.15) is 10.6 Å². The Kier molecular flexibility index (Phi) is 4.15. The average Bonchev–Trinajstić information content (AvgIpc) is 2.40. The maximum atomic E-state index is 12.3. The maximum absolute atomic E-state index is 12.3. The summed E-state index contributed by atoms with van der Waals surface area (Å²) >= 11 is 3.22. The minimum atomic E-state index is -3.81. The molecule has 2 aromatic rings. The van der Waals surface area contributed by atoms with Gasteiger partial charge in [-0.3, -0.25) is 4.72 Å². The number of anilines is 2. The van der Waals surface area contributed by atoms with Crippen LogP contribution in [-0.2, 0) is 10.0 Å². The topological polar surface area (TPSA) is 94.3 Å². The number of nitrogens with zero attached hydrogens (tertiary/aromatic N) is 1. The molecule has 1 heterocycles. The Labute approximate surface area is 125 Å². The summed E-state index contributed by atoms with van der Waals surface area (Å²) in [4.78, 5) is 3.92. The summed E-state index contributed by atoms with van der Waals surface area (Å²) in [7, 11) is -2.34. The van der Waals surface area contributed by atoms with Crippen LogP contribution in [0, 0.1) is 0 Å². The summed E-state index contributed by atoms with van der Waals surface area (Å²) in [5, 5.41) is 0. The zero-order valence-electron chi connectivity index (χ0n) is 10.5. The van der Waals surface area contributed by atoms with Crippen molar-refractivity contribution in [2.75, 3.05) is 17.6 Å². The van der Waals surface area contributed by atoms with Gasteiger partial charge in [-0.2, -0.15) is 0 Å². The van der Waals surface area contributed by atoms with Crippen LogP contribution in [0.15, 0.2) is 45.9 Å². The molecule has 0 spiro atoms. The number of ether oxygens (including phenoxy) is 1. The first-order valence-corrected chi connectivity index (χ1v) is 7.78. The van der Waals surface area contributed by atoms with Gasteiger partial charge >= 0.3 is 0 Å². The van der Waals surface area contributed by atoms with E-state index in [0.717, 1.165) is 0 Å². The molecule has 2 rings (SSSR count). The van der Waals surface area contributed by atoms with E-state index < -0.39 is 10.0 Å². The zero-order valence-corrected chi connectivity index (χ0v) is 12.9. The van der Waals surface area contributed by atoms with Crippen molar-refractivity contribution < 1.29 is 13.2 Å². The van der Waals surface area contributed by atoms with E-state index in [9.17, 15) is 8.42 Å². The molecule has 0 atom stereocenters. The average molecular weight is 358 g/mol. The predicted octanol–water partition coefficient (Wildman–Crippen LogP) is 2.24. The Bertz CT molecular complexity index is 734. The molecule has 0 radical (unpaired) electrons. The number of hydrogen-bond acceptors (Lipinski definition) is 5. The monoisotopic (exact) mass is 357 g/mol. The highest BCUT2D eigenvalue weighted by atomic mass is 79.9. The molecular weight excluding hydrogens is 346 g/mol. The number of benzene rings is 1. The summed E-state index contributed by atoms with van der Waals surface area (Å²) < 4.78 is 32.5. The summed E-state index contributed by atoms with van der Waals surface area (Å²) in [5.41, 5.74) is 5.84. The van der Waals surface area contributed by atoms with Gasteiger partial charge in [-0.15, -0.1) is 0 Å². The lowest BCUT2D eigenvalue weighted by molar-refractivity contribution is 0.414. The maximum Gasteiger partial charge on any atom is 0.265 e. The molecule has 6 nitrogen and oxygen atoms in total. The number of hydrogen-bond donors (Lipinski definition) is 2. The highest BCUT2D eigenvalue weighted by Crippen LogP contribution is 2.27. The Balaban J connectivity index is 2.39. The van der Waals surface area contributed by atoms with Crippen LogP contribution in [0.1, 0.15) is 0 Å². The molecule has 0 aliphatic rings. The molecule has 0 unspecified atom stereocenters. The van der Waals surface area contributed by atoms with Crippen molar-refractivity contribution in [1.29, 1.82) is 0 Å². The molecule has 0 fully saturated rings. The van der Waals surface area contributed by atoms with Crippen molar-refractivity contribution in [3.05, 3.63) is 41.0 Å². The first kappa shape index (κ1) is 14.6. The fourth-order valence-electron chi connectivity index (χ4n) is 1.54. The molecule has 0 bridgehead atoms. The largest absolute Gasteiger partial charge is 0.497 e. The highest BCUT2D eigenvalue weighted by Gasteiger charge is 2.19. The first-order chi connectivity index (χ1) is 9.44. The van der Waals surface area contributed by atoms with Crippen molar-refractivity contribution in [2.45, 2.75) is 4.90 Å². The van der Waals surface area contributed by atoms with Gasteiger partial charge < -0.3 is 10.5 Å². The molecule has 0 amide bonds. The van der Waals surface area contributed by atoms with Crippen molar-refractivity contribution >= 4 is 37.5 Å². The van der Waals surface area contributed by atoms with Gasteiger partial charge in [0.25, 0.3) is 10.0 Å². The summed E-state index contributed by atoms with van der Waals surface area (Å²) in [6, 6.07) is 7.72. The van der Waals surface area contributed by atoms with Gasteiger partial charge in [0.05, 0.1) is 17.3 Å². The summed E-state index contributed by atoms with van der Waals surface area (Å²) in [6.07, 6.45) is 1.49. The SMILES string of the molecule is COc1ccc(S(=O)(=O)Nc2ncccc2Br)c(N)c1. The summed E-state index contributed by atoms with van der Waals surface area (Å²) in [6.45, 7) is 0. The van der Waals surface area contributed by atoms with E-state index in [-0.39, 0.29) is 16.4 Å². The van der Waals surface area contributed by atoms with Gasteiger partial charge in [-0.1, -0.05) is 0 Å². The molecule has 3 N–H and O–H groups in total. The number of nitrogens with one attached hydrogen (secondary N) is 1. The second kappa shape index (κ2) is 5.68. The second-order valence-corrected chi connectivity index (χ2v) is 6.35. The normalized spacial score (nSPS) is 11.1. The third-order valence-corrected chi connectivity index (χ3v) is 4.55. The number of nitrogen functional groups attached to an aromatic ring is 1. The number of nitrogens with two attached hydrogens (primary N) is 1.